The van der Waals surface area contributed by atoms with Gasteiger partial charge in [0.25, 0.3) is 0 Å². The van der Waals surface area contributed by atoms with Gasteiger partial charge in [-0.2, -0.15) is 8.42 Å². The Labute approximate surface area is 142 Å². The highest BCUT2D eigenvalue weighted by molar-refractivity contribution is 7.81. The van der Waals surface area contributed by atoms with E-state index < -0.39 is 10.4 Å². The lowest BCUT2D eigenvalue weighted by atomic mass is 9.91. The van der Waals surface area contributed by atoms with E-state index in [9.17, 15) is 13.5 Å². The molecule has 2 N–H and O–H groups in total. The molecule has 0 fully saturated rings. The van der Waals surface area contributed by atoms with Crippen LogP contribution in [-0.4, -0.2) is 18.1 Å². The minimum Gasteiger partial charge on any atom is -0.508 e. The number of benzene rings is 2. The molecule has 128 valence electrons. The zero-order chi connectivity index (χ0) is 17.7. The van der Waals surface area contributed by atoms with Gasteiger partial charge in [0, 0.05) is 0 Å². The van der Waals surface area contributed by atoms with Crippen molar-refractivity contribution in [2.24, 2.45) is 0 Å². The van der Waals surface area contributed by atoms with Crippen LogP contribution in [0.3, 0.4) is 0 Å². The normalized spacial score (nSPS) is 12.6. The maximum atomic E-state index is 10.7. The highest BCUT2D eigenvalue weighted by Gasteiger charge is 2.11. The van der Waals surface area contributed by atoms with Crippen LogP contribution in [0.4, 0.5) is 0 Å². The summed E-state index contributed by atoms with van der Waals surface area (Å²) in [4.78, 5) is 0. The van der Waals surface area contributed by atoms with Gasteiger partial charge in [-0.1, -0.05) is 38.1 Å². The predicted octanol–water partition coefficient (Wildman–Crippen LogP) is 4.30. The summed E-state index contributed by atoms with van der Waals surface area (Å²) >= 11 is 0. The first-order valence-corrected chi connectivity index (χ1v) is 8.99. The summed E-state index contributed by atoms with van der Waals surface area (Å²) in [6, 6.07) is 13.6. The Morgan fingerprint density at radius 1 is 0.875 bits per heavy atom. The lowest BCUT2D eigenvalue weighted by Gasteiger charge is -2.14. The summed E-state index contributed by atoms with van der Waals surface area (Å²) in [5.41, 5.74) is 4.26. The summed E-state index contributed by atoms with van der Waals surface area (Å²) in [5.74, 6) is 0.276. The molecule has 0 aliphatic heterocycles. The number of hydrogen-bond acceptors (Lipinski definition) is 4. The van der Waals surface area contributed by atoms with Crippen molar-refractivity contribution in [1.29, 1.82) is 0 Å². The lowest BCUT2D eigenvalue weighted by Crippen LogP contribution is -2.06. The largest absolute Gasteiger partial charge is 0.508 e. The van der Waals surface area contributed by atoms with Crippen LogP contribution in [0.2, 0.25) is 0 Å². The molecule has 2 rings (SSSR count). The average molecular weight is 348 g/mol. The zero-order valence-electron chi connectivity index (χ0n) is 13.6. The van der Waals surface area contributed by atoms with Gasteiger partial charge in [0.1, 0.15) is 11.5 Å². The first kappa shape index (κ1) is 18.0. The van der Waals surface area contributed by atoms with E-state index in [-0.39, 0.29) is 11.5 Å². The Balaban J connectivity index is 2.43. The van der Waals surface area contributed by atoms with E-state index in [0.717, 1.165) is 35.1 Å². The quantitative estimate of drug-likeness (QED) is 0.600. The number of phenolic OH excluding ortho intramolecular Hbond substituents is 1. The number of phenols is 1. The van der Waals surface area contributed by atoms with Gasteiger partial charge in [-0.3, -0.25) is 4.55 Å². The molecule has 6 heteroatoms. The summed E-state index contributed by atoms with van der Waals surface area (Å²) < 4.78 is 34.6. The molecule has 0 aromatic heterocycles. The number of aromatic hydroxyl groups is 1. The van der Waals surface area contributed by atoms with Crippen LogP contribution in [0.1, 0.15) is 37.8 Å². The minimum atomic E-state index is -4.52. The van der Waals surface area contributed by atoms with Crippen molar-refractivity contribution < 1.29 is 22.3 Å². The maximum absolute atomic E-state index is 10.7. The van der Waals surface area contributed by atoms with E-state index in [1.54, 1.807) is 24.3 Å². The van der Waals surface area contributed by atoms with Crippen LogP contribution in [0, 0.1) is 0 Å². The maximum Gasteiger partial charge on any atom is 0.446 e. The van der Waals surface area contributed by atoms with Gasteiger partial charge in [-0.15, -0.1) is 0 Å². The third-order valence-electron chi connectivity index (χ3n) is 3.69. The molecule has 0 aliphatic rings. The molecule has 0 amide bonds. The molecule has 0 unspecified atom stereocenters. The Bertz CT molecular complexity index is 819. The Morgan fingerprint density at radius 2 is 1.29 bits per heavy atom. The predicted molar refractivity (Wildman–Crippen MR) is 94.1 cm³/mol. The molecule has 0 aliphatic carbocycles. The van der Waals surface area contributed by atoms with Crippen molar-refractivity contribution in [3.63, 3.8) is 0 Å². The second-order valence-electron chi connectivity index (χ2n) is 5.25. The van der Waals surface area contributed by atoms with Crippen molar-refractivity contribution in [3.8, 4) is 11.5 Å². The number of allylic oxidation sites excluding steroid dienone is 2. The van der Waals surface area contributed by atoms with E-state index in [1.165, 1.54) is 12.1 Å². The van der Waals surface area contributed by atoms with Crippen LogP contribution in [0.25, 0.3) is 11.1 Å². The fourth-order valence-corrected chi connectivity index (χ4v) is 3.03. The van der Waals surface area contributed by atoms with Crippen LogP contribution in [0.5, 0.6) is 11.5 Å². The molecule has 2 aromatic carbocycles. The third kappa shape index (κ3) is 4.59. The van der Waals surface area contributed by atoms with Gasteiger partial charge in [0.05, 0.1) is 0 Å². The van der Waals surface area contributed by atoms with Crippen molar-refractivity contribution in [3.05, 3.63) is 59.7 Å². The third-order valence-corrected chi connectivity index (χ3v) is 4.09. The molecule has 0 atom stereocenters. The van der Waals surface area contributed by atoms with E-state index in [1.807, 2.05) is 19.1 Å². The van der Waals surface area contributed by atoms with Crippen LogP contribution >= 0.6 is 0 Å². The highest BCUT2D eigenvalue weighted by atomic mass is 32.3. The van der Waals surface area contributed by atoms with Crippen molar-refractivity contribution in [1.82, 2.24) is 0 Å². The Morgan fingerprint density at radius 3 is 1.67 bits per heavy atom. The topological polar surface area (TPSA) is 83.8 Å². The lowest BCUT2D eigenvalue weighted by molar-refractivity contribution is 0.387. The Kier molecular flexibility index (Phi) is 5.64. The van der Waals surface area contributed by atoms with E-state index >= 15 is 0 Å². The van der Waals surface area contributed by atoms with Crippen molar-refractivity contribution in [2.45, 2.75) is 26.7 Å². The van der Waals surface area contributed by atoms with Gasteiger partial charge >= 0.3 is 10.4 Å². The molecule has 5 nitrogen and oxygen atoms in total. The summed E-state index contributed by atoms with van der Waals surface area (Å²) in [6.07, 6.45) is 1.61. The van der Waals surface area contributed by atoms with Crippen LogP contribution in [0.15, 0.2) is 48.5 Å². The zero-order valence-corrected chi connectivity index (χ0v) is 14.4. The first-order chi connectivity index (χ1) is 11.3. The van der Waals surface area contributed by atoms with Crippen LogP contribution in [-0.2, 0) is 10.4 Å². The standard InChI is InChI=1S/C18H20O5S/c1-3-17(13-5-9-15(19)10-6-13)18(4-2)14-7-11-16(12-8-14)23-24(20,21)22/h5-12,19H,3-4H2,1-2H3,(H,20,21,22)/b18-17+. The fraction of sp³-hybridized carbons (Fsp3) is 0.222. The second kappa shape index (κ2) is 7.51. The molecule has 0 spiro atoms. The molecule has 0 radical (unpaired) electrons. The van der Waals surface area contributed by atoms with Crippen LogP contribution < -0.4 is 4.18 Å². The summed E-state index contributed by atoms with van der Waals surface area (Å²) in [6.45, 7) is 4.11. The molecule has 0 bridgehead atoms. The molecule has 0 heterocycles. The monoisotopic (exact) mass is 348 g/mol. The highest BCUT2D eigenvalue weighted by Crippen LogP contribution is 2.32. The molecular formula is C18H20O5S. The van der Waals surface area contributed by atoms with Gasteiger partial charge in [0.2, 0.25) is 0 Å². The van der Waals surface area contributed by atoms with Gasteiger partial charge < -0.3 is 9.29 Å². The Hall–Kier alpha value is -2.31. The summed E-state index contributed by atoms with van der Waals surface area (Å²) in [5, 5.41) is 9.45. The first-order valence-electron chi connectivity index (χ1n) is 7.62. The molecular weight excluding hydrogens is 328 g/mol. The fourth-order valence-electron chi connectivity index (χ4n) is 2.68. The van der Waals surface area contributed by atoms with E-state index in [4.69, 9.17) is 4.55 Å². The molecule has 0 saturated heterocycles. The average Bonchev–Trinajstić information content (AvgIpc) is 2.53. The molecule has 2 aromatic rings. The summed E-state index contributed by atoms with van der Waals surface area (Å²) in [7, 11) is -4.52. The second-order valence-corrected chi connectivity index (χ2v) is 6.27. The van der Waals surface area contributed by atoms with Crippen molar-refractivity contribution in [2.75, 3.05) is 0 Å². The van der Waals surface area contributed by atoms with Gasteiger partial charge in [0.15, 0.2) is 0 Å². The van der Waals surface area contributed by atoms with Crippen molar-refractivity contribution >= 4 is 21.5 Å². The number of hydrogen-bond donors (Lipinski definition) is 2. The SMILES string of the molecule is CC/C(=C(/CC)c1ccc(OS(=O)(=O)O)cc1)c1ccc(O)cc1. The van der Waals surface area contributed by atoms with E-state index in [0.29, 0.717) is 0 Å². The smallest absolute Gasteiger partial charge is 0.446 e. The van der Waals surface area contributed by atoms with E-state index in [2.05, 4.69) is 11.1 Å². The number of rotatable bonds is 6. The van der Waals surface area contributed by atoms with Gasteiger partial charge in [-0.05, 0) is 59.4 Å². The minimum absolute atomic E-state index is 0.0550. The molecule has 0 saturated carbocycles. The van der Waals surface area contributed by atoms with Gasteiger partial charge in [-0.25, -0.2) is 0 Å². The molecule has 24 heavy (non-hydrogen) atoms.